The maximum atomic E-state index is 13.0. The molecule has 1 aliphatic rings. The number of carbonyl (C=O) groups excluding carboxylic acids is 2. The van der Waals surface area contributed by atoms with E-state index in [1.807, 2.05) is 25.1 Å². The summed E-state index contributed by atoms with van der Waals surface area (Å²) in [4.78, 5) is 26.0. The Morgan fingerprint density at radius 1 is 1.12 bits per heavy atom. The lowest BCUT2D eigenvalue weighted by Crippen LogP contribution is -2.31. The number of nitrogens with zero attached hydrogens (tertiary/aromatic N) is 1. The fourth-order valence-corrected chi connectivity index (χ4v) is 3.85. The van der Waals surface area contributed by atoms with E-state index in [0.29, 0.717) is 6.42 Å². The fraction of sp³-hybridized carbons (Fsp3) is 0.263. The van der Waals surface area contributed by atoms with Crippen molar-refractivity contribution in [3.63, 3.8) is 0 Å². The minimum absolute atomic E-state index is 0.170. The van der Waals surface area contributed by atoms with E-state index in [1.165, 1.54) is 17.0 Å². The maximum Gasteiger partial charge on any atom is 0.289 e. The van der Waals surface area contributed by atoms with Crippen LogP contribution in [0.1, 0.15) is 16.7 Å². The molecule has 3 rings (SSSR count). The Balaban J connectivity index is 1.70. The number of halogens is 1. The summed E-state index contributed by atoms with van der Waals surface area (Å²) in [5.74, 6) is 0.251. The van der Waals surface area contributed by atoms with Crippen LogP contribution in [0.25, 0.3) is 0 Å². The number of methoxy groups -OCH3 is 1. The number of imide groups is 1. The quantitative estimate of drug-likeness (QED) is 0.811. The Morgan fingerprint density at radius 3 is 2.44 bits per heavy atom. The Labute approximate surface area is 150 Å². The lowest BCUT2D eigenvalue weighted by atomic mass is 10.1. The normalized spacial score (nSPS) is 17.2. The molecule has 0 N–H and O–H groups in total. The molecule has 4 nitrogen and oxygen atoms in total. The van der Waals surface area contributed by atoms with Crippen LogP contribution in [0.4, 0.5) is 9.18 Å². The van der Waals surface area contributed by atoms with Crippen molar-refractivity contribution in [2.24, 2.45) is 0 Å². The van der Waals surface area contributed by atoms with Crippen LogP contribution in [0.3, 0.4) is 0 Å². The molecule has 0 spiro atoms. The standard InChI is InChI=1S/C19H18FNO3S/c1-12-9-14(5-8-16(12)24-2)10-17-18(22)21(19(23)25-17)11-13-3-6-15(20)7-4-13/h3-9,17H,10-11H2,1-2H3/t17-/m1/s1. The number of amides is 2. The third-order valence-electron chi connectivity index (χ3n) is 4.14. The third-order valence-corrected chi connectivity index (χ3v) is 5.21. The van der Waals surface area contributed by atoms with Crippen molar-refractivity contribution >= 4 is 22.9 Å². The van der Waals surface area contributed by atoms with Gasteiger partial charge in [-0.05, 0) is 48.2 Å². The average Bonchev–Trinajstić information content (AvgIpc) is 2.84. The number of rotatable bonds is 5. The van der Waals surface area contributed by atoms with Crippen molar-refractivity contribution in [3.8, 4) is 5.75 Å². The summed E-state index contributed by atoms with van der Waals surface area (Å²) in [6.07, 6.45) is 0.486. The number of aryl methyl sites for hydroxylation is 1. The number of thioether (sulfide) groups is 1. The van der Waals surface area contributed by atoms with Crippen LogP contribution in [-0.4, -0.2) is 28.4 Å². The largest absolute Gasteiger partial charge is 0.496 e. The zero-order chi connectivity index (χ0) is 18.0. The van der Waals surface area contributed by atoms with E-state index in [-0.39, 0.29) is 23.5 Å². The molecular formula is C19H18FNO3S. The van der Waals surface area contributed by atoms with Crippen LogP contribution in [0.2, 0.25) is 0 Å². The molecule has 2 aromatic rings. The predicted octanol–water partition coefficient (Wildman–Crippen LogP) is 3.95. The van der Waals surface area contributed by atoms with Crippen molar-refractivity contribution in [1.29, 1.82) is 0 Å². The SMILES string of the molecule is COc1ccc(C[C@H]2SC(=O)N(Cc3ccc(F)cc3)C2=O)cc1C. The van der Waals surface area contributed by atoms with Gasteiger partial charge in [-0.1, -0.05) is 36.0 Å². The van der Waals surface area contributed by atoms with E-state index in [2.05, 4.69) is 0 Å². The first-order valence-electron chi connectivity index (χ1n) is 7.88. The van der Waals surface area contributed by atoms with Crippen LogP contribution in [-0.2, 0) is 17.8 Å². The predicted molar refractivity (Wildman–Crippen MR) is 95.2 cm³/mol. The van der Waals surface area contributed by atoms with Crippen molar-refractivity contribution in [3.05, 3.63) is 65.0 Å². The lowest BCUT2D eigenvalue weighted by molar-refractivity contribution is -0.127. The van der Waals surface area contributed by atoms with Gasteiger partial charge in [0.2, 0.25) is 5.91 Å². The molecule has 130 valence electrons. The third kappa shape index (κ3) is 3.85. The van der Waals surface area contributed by atoms with E-state index in [4.69, 9.17) is 4.74 Å². The highest BCUT2D eigenvalue weighted by Gasteiger charge is 2.39. The molecule has 2 aromatic carbocycles. The zero-order valence-electron chi connectivity index (χ0n) is 14.0. The van der Waals surface area contributed by atoms with Gasteiger partial charge < -0.3 is 4.74 Å². The van der Waals surface area contributed by atoms with Gasteiger partial charge >= 0.3 is 0 Å². The number of ether oxygens (including phenoxy) is 1. The summed E-state index contributed by atoms with van der Waals surface area (Å²) in [7, 11) is 1.62. The number of hydrogen-bond donors (Lipinski definition) is 0. The molecule has 0 unspecified atom stereocenters. The van der Waals surface area contributed by atoms with Gasteiger partial charge in [0.05, 0.1) is 18.9 Å². The average molecular weight is 359 g/mol. The van der Waals surface area contributed by atoms with Gasteiger partial charge in [0.15, 0.2) is 0 Å². The molecule has 1 heterocycles. The van der Waals surface area contributed by atoms with Gasteiger partial charge in [-0.2, -0.15) is 0 Å². The first-order valence-corrected chi connectivity index (χ1v) is 8.76. The summed E-state index contributed by atoms with van der Waals surface area (Å²) in [6.45, 7) is 2.11. The molecule has 0 bridgehead atoms. The molecule has 0 saturated carbocycles. The highest BCUT2D eigenvalue weighted by Crippen LogP contribution is 2.31. The molecule has 0 aliphatic carbocycles. The van der Waals surface area contributed by atoms with Gasteiger partial charge in [-0.25, -0.2) is 4.39 Å². The van der Waals surface area contributed by atoms with E-state index < -0.39 is 5.25 Å². The smallest absolute Gasteiger partial charge is 0.289 e. The molecule has 1 fully saturated rings. The second kappa shape index (κ2) is 7.27. The summed E-state index contributed by atoms with van der Waals surface area (Å²) < 4.78 is 18.2. The topological polar surface area (TPSA) is 46.6 Å². The lowest BCUT2D eigenvalue weighted by Gasteiger charge is -2.14. The minimum Gasteiger partial charge on any atom is -0.496 e. The molecule has 1 aliphatic heterocycles. The van der Waals surface area contributed by atoms with Crippen LogP contribution in [0.5, 0.6) is 5.75 Å². The molecule has 0 aromatic heterocycles. The van der Waals surface area contributed by atoms with Crippen molar-refractivity contribution in [2.45, 2.75) is 25.1 Å². The first kappa shape index (κ1) is 17.5. The van der Waals surface area contributed by atoms with Crippen LogP contribution < -0.4 is 4.74 Å². The monoisotopic (exact) mass is 359 g/mol. The second-order valence-corrected chi connectivity index (χ2v) is 7.09. The van der Waals surface area contributed by atoms with Crippen molar-refractivity contribution in [2.75, 3.05) is 7.11 Å². The molecule has 2 amide bonds. The van der Waals surface area contributed by atoms with Crippen molar-refractivity contribution < 1.29 is 18.7 Å². The number of carbonyl (C=O) groups is 2. The zero-order valence-corrected chi connectivity index (χ0v) is 14.8. The molecule has 0 radical (unpaired) electrons. The second-order valence-electron chi connectivity index (χ2n) is 5.93. The van der Waals surface area contributed by atoms with Crippen LogP contribution in [0, 0.1) is 12.7 Å². The highest BCUT2D eigenvalue weighted by atomic mass is 32.2. The fourth-order valence-electron chi connectivity index (χ4n) is 2.82. The molecule has 1 atom stereocenters. The summed E-state index contributed by atoms with van der Waals surface area (Å²) in [5, 5.41) is -0.690. The van der Waals surface area contributed by atoms with Gasteiger partial charge in [0.25, 0.3) is 5.24 Å². The molecular weight excluding hydrogens is 341 g/mol. The number of benzene rings is 2. The van der Waals surface area contributed by atoms with Gasteiger partial charge in [0.1, 0.15) is 11.6 Å². The first-order chi connectivity index (χ1) is 12.0. The van der Waals surface area contributed by atoms with E-state index in [9.17, 15) is 14.0 Å². The maximum absolute atomic E-state index is 13.0. The Hall–Kier alpha value is -2.34. The van der Waals surface area contributed by atoms with Gasteiger partial charge in [-0.15, -0.1) is 0 Å². The summed E-state index contributed by atoms with van der Waals surface area (Å²) in [5.41, 5.74) is 2.70. The van der Waals surface area contributed by atoms with Crippen LogP contribution in [0.15, 0.2) is 42.5 Å². The Morgan fingerprint density at radius 2 is 1.80 bits per heavy atom. The Kier molecular flexibility index (Phi) is 5.08. The van der Waals surface area contributed by atoms with E-state index >= 15 is 0 Å². The van der Waals surface area contributed by atoms with E-state index in [1.54, 1.807) is 19.2 Å². The number of hydrogen-bond acceptors (Lipinski definition) is 4. The minimum atomic E-state index is -0.430. The van der Waals surface area contributed by atoms with Crippen LogP contribution >= 0.6 is 11.8 Å². The van der Waals surface area contributed by atoms with Crippen molar-refractivity contribution in [1.82, 2.24) is 4.90 Å². The van der Waals surface area contributed by atoms with Gasteiger partial charge in [-0.3, -0.25) is 14.5 Å². The molecule has 1 saturated heterocycles. The molecule has 25 heavy (non-hydrogen) atoms. The van der Waals surface area contributed by atoms with Gasteiger partial charge in [0, 0.05) is 0 Å². The van der Waals surface area contributed by atoms with E-state index in [0.717, 1.165) is 34.2 Å². The highest BCUT2D eigenvalue weighted by molar-refractivity contribution is 8.15. The Bertz CT molecular complexity index is 807. The summed E-state index contributed by atoms with van der Waals surface area (Å²) >= 11 is 1.05. The molecule has 6 heteroatoms. The summed E-state index contributed by atoms with van der Waals surface area (Å²) in [6, 6.07) is 11.6.